The van der Waals surface area contributed by atoms with Gasteiger partial charge in [-0.3, -0.25) is 0 Å². The second-order valence-electron chi connectivity index (χ2n) is 2.95. The van der Waals surface area contributed by atoms with E-state index in [1.54, 1.807) is 12.3 Å². The first kappa shape index (κ1) is 13.7. The van der Waals surface area contributed by atoms with Crippen LogP contribution in [0, 0.1) is 0 Å². The Morgan fingerprint density at radius 1 is 1.43 bits per heavy atom. The topological polar surface area (TPSA) is 64.9 Å². The molecule has 1 rings (SSSR count). The maximum atomic E-state index is 5.89. The molecule has 1 aromatic rings. The second kappa shape index (κ2) is 7.01. The van der Waals surface area contributed by atoms with Gasteiger partial charge in [0.2, 0.25) is 0 Å². The average molecular weight is 236 g/mol. The van der Waals surface area contributed by atoms with Crippen LogP contribution in [0.1, 0.15) is 24.4 Å². The predicted molar refractivity (Wildman–Crippen MR) is 61.7 cm³/mol. The van der Waals surface area contributed by atoms with Crippen molar-refractivity contribution in [2.45, 2.75) is 18.9 Å². The summed E-state index contributed by atoms with van der Waals surface area (Å²) in [4.78, 5) is 3.96. The molecule has 0 aromatic carbocycles. The van der Waals surface area contributed by atoms with Crippen LogP contribution in [0.5, 0.6) is 0 Å². The fourth-order valence-electron chi connectivity index (χ4n) is 1.11. The van der Waals surface area contributed by atoms with E-state index in [0.717, 1.165) is 18.4 Å². The van der Waals surface area contributed by atoms with Gasteiger partial charge in [-0.2, -0.15) is 0 Å². The highest BCUT2D eigenvalue weighted by Gasteiger charge is 2.04. The molecule has 0 amide bonds. The highest BCUT2D eigenvalue weighted by molar-refractivity contribution is 6.29. The molecule has 0 unspecified atom stereocenters. The van der Waals surface area contributed by atoms with Crippen LogP contribution in [0.4, 0.5) is 0 Å². The summed E-state index contributed by atoms with van der Waals surface area (Å²) in [6, 6.07) is 3.67. The van der Waals surface area contributed by atoms with Gasteiger partial charge in [0.05, 0.1) is 0 Å². The molecule has 0 fully saturated rings. The number of pyridine rings is 1. The molecule has 0 aliphatic rings. The van der Waals surface area contributed by atoms with Crippen molar-refractivity contribution < 1.29 is 0 Å². The number of nitrogens with two attached hydrogens (primary N) is 2. The molecule has 0 radical (unpaired) electrons. The third-order valence-electron chi connectivity index (χ3n) is 1.90. The minimum atomic E-state index is 0. The lowest BCUT2D eigenvalue weighted by Gasteiger charge is -2.10. The van der Waals surface area contributed by atoms with Crippen molar-refractivity contribution >= 4 is 24.0 Å². The van der Waals surface area contributed by atoms with Crippen LogP contribution in [0.15, 0.2) is 18.3 Å². The van der Waals surface area contributed by atoms with Crippen LogP contribution >= 0.6 is 24.0 Å². The first-order valence-electron chi connectivity index (χ1n) is 4.31. The normalized spacial score (nSPS) is 11.9. The fourth-order valence-corrected chi connectivity index (χ4v) is 1.22. The fraction of sp³-hybridized carbons (Fsp3) is 0.444. The number of nitrogens with zero attached hydrogens (tertiary/aromatic N) is 1. The maximum Gasteiger partial charge on any atom is 0.129 e. The van der Waals surface area contributed by atoms with Crippen LogP contribution < -0.4 is 11.5 Å². The molecule has 0 spiro atoms. The molecule has 0 saturated heterocycles. The van der Waals surface area contributed by atoms with Crippen molar-refractivity contribution in [1.29, 1.82) is 0 Å². The van der Waals surface area contributed by atoms with E-state index in [2.05, 4.69) is 4.98 Å². The van der Waals surface area contributed by atoms with Crippen molar-refractivity contribution in [1.82, 2.24) is 4.98 Å². The average Bonchev–Trinajstić information content (AvgIpc) is 2.15. The van der Waals surface area contributed by atoms with Gasteiger partial charge in [0.15, 0.2) is 0 Å². The smallest absolute Gasteiger partial charge is 0.129 e. The molecule has 80 valence electrons. The van der Waals surface area contributed by atoms with Gasteiger partial charge in [0.25, 0.3) is 0 Å². The highest BCUT2D eigenvalue weighted by Crippen LogP contribution is 2.15. The third kappa shape index (κ3) is 4.24. The van der Waals surface area contributed by atoms with Crippen molar-refractivity contribution in [2.75, 3.05) is 6.54 Å². The molecule has 1 aromatic heterocycles. The summed E-state index contributed by atoms with van der Waals surface area (Å²) in [5, 5.41) is 0.495. The molecule has 1 atom stereocenters. The zero-order chi connectivity index (χ0) is 9.68. The van der Waals surface area contributed by atoms with Gasteiger partial charge >= 0.3 is 0 Å². The lowest BCUT2D eigenvalue weighted by atomic mass is 10.1. The van der Waals surface area contributed by atoms with E-state index in [9.17, 15) is 0 Å². The molecule has 0 saturated carbocycles. The van der Waals surface area contributed by atoms with Crippen LogP contribution in [0.25, 0.3) is 0 Å². The Morgan fingerprint density at radius 2 is 2.14 bits per heavy atom. The molecular weight excluding hydrogens is 221 g/mol. The Morgan fingerprint density at radius 3 is 2.64 bits per heavy atom. The quantitative estimate of drug-likeness (QED) is 0.784. The van der Waals surface area contributed by atoms with E-state index in [-0.39, 0.29) is 18.4 Å². The predicted octanol–water partition coefficient (Wildman–Crippen LogP) is 1.90. The number of hydrogen-bond acceptors (Lipinski definition) is 3. The monoisotopic (exact) mass is 235 g/mol. The number of hydrogen-bond donors (Lipinski definition) is 2. The first-order chi connectivity index (χ1) is 6.24. The van der Waals surface area contributed by atoms with Crippen LogP contribution in [0.2, 0.25) is 5.15 Å². The summed E-state index contributed by atoms with van der Waals surface area (Å²) in [6.07, 6.45) is 3.53. The van der Waals surface area contributed by atoms with Crippen LogP contribution in [-0.2, 0) is 0 Å². The molecule has 3 nitrogen and oxygen atoms in total. The van der Waals surface area contributed by atoms with E-state index in [1.165, 1.54) is 0 Å². The molecule has 5 heteroatoms. The Bertz CT molecular complexity index is 251. The van der Waals surface area contributed by atoms with E-state index in [4.69, 9.17) is 23.1 Å². The van der Waals surface area contributed by atoms with Crippen LogP contribution in [0.3, 0.4) is 0 Å². The van der Waals surface area contributed by atoms with E-state index in [1.807, 2.05) is 6.07 Å². The van der Waals surface area contributed by atoms with Crippen molar-refractivity contribution in [3.63, 3.8) is 0 Å². The summed E-state index contributed by atoms with van der Waals surface area (Å²) in [5.41, 5.74) is 12.3. The van der Waals surface area contributed by atoms with E-state index >= 15 is 0 Å². The highest BCUT2D eigenvalue weighted by atomic mass is 35.5. The molecule has 1 heterocycles. The van der Waals surface area contributed by atoms with Crippen molar-refractivity contribution in [3.8, 4) is 0 Å². The molecule has 0 aliphatic carbocycles. The summed E-state index contributed by atoms with van der Waals surface area (Å²) in [6.45, 7) is 0.675. The zero-order valence-electron chi connectivity index (χ0n) is 7.82. The van der Waals surface area contributed by atoms with E-state index < -0.39 is 0 Å². The molecule has 0 bridgehead atoms. The summed E-state index contributed by atoms with van der Waals surface area (Å²) in [7, 11) is 0. The summed E-state index contributed by atoms with van der Waals surface area (Å²) >= 11 is 5.65. The number of rotatable bonds is 4. The Hall–Kier alpha value is -0.350. The standard InChI is InChI=1S/C9H14ClN3.ClH/c10-9-4-3-7(6-13-9)8(12)2-1-5-11;/h3-4,6,8H,1-2,5,11-12H2;1H/t8-;/m0./s1. The Labute approximate surface area is 95.2 Å². The summed E-state index contributed by atoms with van der Waals surface area (Å²) < 4.78 is 0. The minimum Gasteiger partial charge on any atom is -0.330 e. The Kier molecular flexibility index (Phi) is 6.83. The maximum absolute atomic E-state index is 5.89. The van der Waals surface area contributed by atoms with Gasteiger partial charge < -0.3 is 11.5 Å². The molecule has 4 N–H and O–H groups in total. The van der Waals surface area contributed by atoms with Gasteiger partial charge in [-0.15, -0.1) is 12.4 Å². The number of aromatic nitrogens is 1. The largest absolute Gasteiger partial charge is 0.330 e. The molecule has 14 heavy (non-hydrogen) atoms. The Balaban J connectivity index is 0.00000169. The lowest BCUT2D eigenvalue weighted by molar-refractivity contribution is 0.616. The van der Waals surface area contributed by atoms with Gasteiger partial charge in [0, 0.05) is 12.2 Å². The molecular formula is C9H15Cl2N3. The minimum absolute atomic E-state index is 0. The third-order valence-corrected chi connectivity index (χ3v) is 2.12. The van der Waals surface area contributed by atoms with Gasteiger partial charge in [-0.1, -0.05) is 17.7 Å². The van der Waals surface area contributed by atoms with Crippen LogP contribution in [-0.4, -0.2) is 11.5 Å². The SMILES string of the molecule is Cl.NCCC[C@H](N)c1ccc(Cl)nc1. The van der Waals surface area contributed by atoms with Gasteiger partial charge in [-0.25, -0.2) is 4.98 Å². The van der Waals surface area contributed by atoms with Gasteiger partial charge in [0.1, 0.15) is 5.15 Å². The second-order valence-corrected chi connectivity index (χ2v) is 3.34. The lowest BCUT2D eigenvalue weighted by Crippen LogP contribution is -2.12. The molecule has 0 aliphatic heterocycles. The van der Waals surface area contributed by atoms with Gasteiger partial charge in [-0.05, 0) is 31.0 Å². The first-order valence-corrected chi connectivity index (χ1v) is 4.69. The number of halogens is 2. The van der Waals surface area contributed by atoms with E-state index in [0.29, 0.717) is 11.7 Å². The summed E-state index contributed by atoms with van der Waals surface area (Å²) in [5.74, 6) is 0. The van der Waals surface area contributed by atoms with Crippen molar-refractivity contribution in [3.05, 3.63) is 29.0 Å². The van der Waals surface area contributed by atoms with Crippen molar-refractivity contribution in [2.24, 2.45) is 11.5 Å². The zero-order valence-corrected chi connectivity index (χ0v) is 9.39.